The molecule has 0 radical (unpaired) electrons. The average Bonchev–Trinajstić information content (AvgIpc) is 2.94. The molecule has 1 heterocycles. The lowest BCUT2D eigenvalue weighted by Crippen LogP contribution is -2.01. The largest absolute Gasteiger partial charge is 0.403 e. The van der Waals surface area contributed by atoms with Crippen molar-refractivity contribution in [2.75, 3.05) is 0 Å². The van der Waals surface area contributed by atoms with Gasteiger partial charge in [0.2, 0.25) is 5.90 Å². The standard InChI is InChI=1S/C21H15Cl2NO2/c1-14(11-15-5-3-2-4-6-15)12-19-21(25)26-20(24-19)10-8-16-7-9-17(22)13-18(16)23/h2-13H,1H3/b10-8+,14-11+,19-12-. The minimum Gasteiger partial charge on any atom is -0.403 e. The Labute approximate surface area is 161 Å². The predicted octanol–water partition coefficient (Wildman–Crippen LogP) is 5.95. The molecule has 0 saturated heterocycles. The molecule has 5 heteroatoms. The molecule has 2 aromatic carbocycles. The van der Waals surface area contributed by atoms with Crippen molar-refractivity contribution in [3.8, 4) is 0 Å². The maximum Gasteiger partial charge on any atom is 0.363 e. The first-order valence-corrected chi connectivity index (χ1v) is 8.66. The molecule has 0 saturated carbocycles. The second-order valence-electron chi connectivity index (χ2n) is 5.67. The number of cyclic esters (lactones) is 1. The van der Waals surface area contributed by atoms with E-state index >= 15 is 0 Å². The Kier molecular flexibility index (Phi) is 5.71. The number of halogens is 2. The minimum absolute atomic E-state index is 0.222. The van der Waals surface area contributed by atoms with Crippen LogP contribution in [0.5, 0.6) is 0 Å². The van der Waals surface area contributed by atoms with E-state index in [4.69, 9.17) is 27.9 Å². The van der Waals surface area contributed by atoms with Gasteiger partial charge in [0.05, 0.1) is 0 Å². The van der Waals surface area contributed by atoms with Crippen molar-refractivity contribution in [1.29, 1.82) is 0 Å². The fourth-order valence-electron chi connectivity index (χ4n) is 2.36. The molecular weight excluding hydrogens is 369 g/mol. The lowest BCUT2D eigenvalue weighted by molar-refractivity contribution is -0.129. The van der Waals surface area contributed by atoms with Crippen molar-refractivity contribution in [3.63, 3.8) is 0 Å². The third-order valence-electron chi connectivity index (χ3n) is 3.56. The van der Waals surface area contributed by atoms with E-state index in [0.29, 0.717) is 10.0 Å². The third kappa shape index (κ3) is 4.72. The molecular formula is C21H15Cl2NO2. The second-order valence-corrected chi connectivity index (χ2v) is 6.51. The van der Waals surface area contributed by atoms with Crippen LogP contribution in [0.2, 0.25) is 10.0 Å². The molecule has 0 aromatic heterocycles. The van der Waals surface area contributed by atoms with E-state index in [9.17, 15) is 4.79 Å². The number of rotatable bonds is 4. The van der Waals surface area contributed by atoms with Crippen LogP contribution in [0, 0.1) is 0 Å². The highest BCUT2D eigenvalue weighted by Crippen LogP contribution is 2.23. The van der Waals surface area contributed by atoms with E-state index in [-0.39, 0.29) is 11.6 Å². The highest BCUT2D eigenvalue weighted by Gasteiger charge is 2.21. The van der Waals surface area contributed by atoms with Gasteiger partial charge in [0.25, 0.3) is 0 Å². The summed E-state index contributed by atoms with van der Waals surface area (Å²) in [6, 6.07) is 15.0. The summed E-state index contributed by atoms with van der Waals surface area (Å²) in [4.78, 5) is 16.2. The summed E-state index contributed by atoms with van der Waals surface area (Å²) < 4.78 is 5.17. The van der Waals surface area contributed by atoms with Gasteiger partial charge in [-0.25, -0.2) is 9.79 Å². The summed E-state index contributed by atoms with van der Waals surface area (Å²) in [7, 11) is 0. The topological polar surface area (TPSA) is 38.7 Å². The van der Waals surface area contributed by atoms with Crippen molar-refractivity contribution in [2.45, 2.75) is 6.92 Å². The Bertz CT molecular complexity index is 957. The van der Waals surface area contributed by atoms with Crippen LogP contribution in [-0.2, 0) is 9.53 Å². The second kappa shape index (κ2) is 8.17. The third-order valence-corrected chi connectivity index (χ3v) is 4.13. The zero-order chi connectivity index (χ0) is 18.5. The number of carbonyl (C=O) groups is 1. The summed E-state index contributed by atoms with van der Waals surface area (Å²) in [6.45, 7) is 1.91. The maximum atomic E-state index is 12.0. The van der Waals surface area contributed by atoms with Crippen LogP contribution < -0.4 is 0 Å². The van der Waals surface area contributed by atoms with Gasteiger partial charge in [-0.2, -0.15) is 0 Å². The first-order chi connectivity index (χ1) is 12.5. The minimum atomic E-state index is -0.479. The molecule has 3 rings (SSSR count). The van der Waals surface area contributed by atoms with Crippen LogP contribution in [0.3, 0.4) is 0 Å². The highest BCUT2D eigenvalue weighted by molar-refractivity contribution is 6.35. The van der Waals surface area contributed by atoms with Gasteiger partial charge in [-0.15, -0.1) is 0 Å². The van der Waals surface area contributed by atoms with Gasteiger partial charge < -0.3 is 4.74 Å². The molecule has 26 heavy (non-hydrogen) atoms. The average molecular weight is 384 g/mol. The fraction of sp³-hybridized carbons (Fsp3) is 0.0476. The van der Waals surface area contributed by atoms with E-state index in [0.717, 1.165) is 16.7 Å². The van der Waals surface area contributed by atoms with Crippen molar-refractivity contribution in [1.82, 2.24) is 0 Å². The SMILES string of the molecule is CC(/C=C1N=C(/C=C/c2ccc(Cl)cc2Cl)OC\1=O)=C\c1ccccc1. The Morgan fingerprint density at radius 1 is 1.08 bits per heavy atom. The van der Waals surface area contributed by atoms with Gasteiger partial charge in [0.15, 0.2) is 5.70 Å². The van der Waals surface area contributed by atoms with Crippen molar-refractivity contribution >= 4 is 47.2 Å². The molecule has 1 aliphatic rings. The Hall–Kier alpha value is -2.62. The summed E-state index contributed by atoms with van der Waals surface area (Å²) >= 11 is 12.0. The maximum absolute atomic E-state index is 12.0. The molecule has 0 fully saturated rings. The zero-order valence-corrected chi connectivity index (χ0v) is 15.5. The normalized spacial score (nSPS) is 16.3. The van der Waals surface area contributed by atoms with Crippen LogP contribution in [0.4, 0.5) is 0 Å². The molecule has 130 valence electrons. The van der Waals surface area contributed by atoms with Crippen LogP contribution in [0.25, 0.3) is 12.2 Å². The number of benzene rings is 2. The molecule has 0 atom stereocenters. The quantitative estimate of drug-likeness (QED) is 0.483. The van der Waals surface area contributed by atoms with Crippen LogP contribution in [-0.4, -0.2) is 11.9 Å². The van der Waals surface area contributed by atoms with Gasteiger partial charge >= 0.3 is 5.97 Å². The van der Waals surface area contributed by atoms with E-state index in [1.165, 1.54) is 0 Å². The van der Waals surface area contributed by atoms with Gasteiger partial charge in [-0.05, 0) is 47.9 Å². The molecule has 3 nitrogen and oxygen atoms in total. The smallest absolute Gasteiger partial charge is 0.363 e. The number of nitrogens with zero attached hydrogens (tertiary/aromatic N) is 1. The van der Waals surface area contributed by atoms with Crippen molar-refractivity contribution in [3.05, 3.63) is 93.1 Å². The molecule has 0 N–H and O–H groups in total. The summed E-state index contributed by atoms with van der Waals surface area (Å²) in [5.41, 5.74) is 2.97. The summed E-state index contributed by atoms with van der Waals surface area (Å²) in [5.74, 6) is -0.257. The zero-order valence-electron chi connectivity index (χ0n) is 13.9. The number of ether oxygens (including phenoxy) is 1. The summed E-state index contributed by atoms with van der Waals surface area (Å²) in [6.07, 6.45) is 6.99. The number of hydrogen-bond donors (Lipinski definition) is 0. The Balaban J connectivity index is 1.78. The lowest BCUT2D eigenvalue weighted by atomic mass is 10.1. The van der Waals surface area contributed by atoms with E-state index in [1.54, 1.807) is 36.4 Å². The van der Waals surface area contributed by atoms with Gasteiger partial charge in [0.1, 0.15) is 0 Å². The number of hydrogen-bond acceptors (Lipinski definition) is 3. The summed E-state index contributed by atoms with van der Waals surface area (Å²) in [5, 5.41) is 1.07. The number of aliphatic imine (C=N–C) groups is 1. The van der Waals surface area contributed by atoms with Crippen molar-refractivity contribution < 1.29 is 9.53 Å². The first-order valence-electron chi connectivity index (χ1n) is 7.90. The fourth-order valence-corrected chi connectivity index (χ4v) is 2.84. The highest BCUT2D eigenvalue weighted by atomic mass is 35.5. The number of carbonyl (C=O) groups excluding carboxylic acids is 1. The molecule has 1 aliphatic heterocycles. The van der Waals surface area contributed by atoms with Gasteiger partial charge in [-0.3, -0.25) is 0 Å². The van der Waals surface area contributed by atoms with E-state index in [1.807, 2.05) is 43.3 Å². The number of allylic oxidation sites excluding steroid dienone is 2. The number of esters is 1. The van der Waals surface area contributed by atoms with Crippen molar-refractivity contribution in [2.24, 2.45) is 4.99 Å². The molecule has 0 bridgehead atoms. The molecule has 0 spiro atoms. The lowest BCUT2D eigenvalue weighted by Gasteiger charge is -1.98. The Morgan fingerprint density at radius 3 is 2.58 bits per heavy atom. The predicted molar refractivity (Wildman–Crippen MR) is 107 cm³/mol. The van der Waals surface area contributed by atoms with Gasteiger partial charge in [0, 0.05) is 16.1 Å². The van der Waals surface area contributed by atoms with E-state index in [2.05, 4.69) is 4.99 Å². The molecule has 0 aliphatic carbocycles. The molecule has 0 amide bonds. The Morgan fingerprint density at radius 2 is 1.85 bits per heavy atom. The molecule has 2 aromatic rings. The van der Waals surface area contributed by atoms with Crippen LogP contribution in [0.1, 0.15) is 18.1 Å². The van der Waals surface area contributed by atoms with Crippen LogP contribution >= 0.6 is 23.2 Å². The van der Waals surface area contributed by atoms with E-state index < -0.39 is 5.97 Å². The van der Waals surface area contributed by atoms with Gasteiger partial charge in [-0.1, -0.05) is 65.7 Å². The monoisotopic (exact) mass is 383 g/mol. The van der Waals surface area contributed by atoms with Crippen LogP contribution in [0.15, 0.2) is 76.9 Å². The first kappa shape index (κ1) is 18.2. The molecule has 0 unspecified atom stereocenters.